The zero-order chi connectivity index (χ0) is 14.7. The Morgan fingerprint density at radius 1 is 1.43 bits per heavy atom. The summed E-state index contributed by atoms with van der Waals surface area (Å²) < 4.78 is 0. The molecule has 1 aliphatic rings. The van der Waals surface area contributed by atoms with E-state index in [-0.39, 0.29) is 12.5 Å². The van der Waals surface area contributed by atoms with E-state index in [1.54, 1.807) is 11.3 Å². The van der Waals surface area contributed by atoms with Gasteiger partial charge in [-0.05, 0) is 48.3 Å². The molecule has 7 heteroatoms. The average Bonchev–Trinajstić information content (AvgIpc) is 3.12. The van der Waals surface area contributed by atoms with E-state index in [2.05, 4.69) is 27.7 Å². The lowest BCUT2D eigenvalue weighted by Crippen LogP contribution is -2.39. The van der Waals surface area contributed by atoms with Crippen molar-refractivity contribution in [2.24, 2.45) is 5.92 Å². The summed E-state index contributed by atoms with van der Waals surface area (Å²) >= 11 is 1.56. The van der Waals surface area contributed by atoms with Crippen molar-refractivity contribution in [3.05, 3.63) is 17.5 Å². The molecule has 2 heterocycles. The molecular weight excluding hydrogens is 286 g/mol. The third kappa shape index (κ3) is 3.66. The van der Waals surface area contributed by atoms with Crippen molar-refractivity contribution in [3.63, 3.8) is 0 Å². The molecule has 0 aliphatic heterocycles. The molecule has 1 aliphatic carbocycles. The molecule has 2 aromatic rings. The van der Waals surface area contributed by atoms with Gasteiger partial charge in [0.2, 0.25) is 11.7 Å². The monoisotopic (exact) mass is 305 g/mol. The Hall–Kier alpha value is -1.76. The Balaban J connectivity index is 1.53. The third-order valence-electron chi connectivity index (χ3n) is 3.86. The summed E-state index contributed by atoms with van der Waals surface area (Å²) in [5, 5.41) is 17.2. The largest absolute Gasteiger partial charge is 0.352 e. The summed E-state index contributed by atoms with van der Waals surface area (Å²) in [6.45, 7) is 2.40. The molecule has 0 aromatic carbocycles. The minimum Gasteiger partial charge on any atom is -0.352 e. The number of carbonyl (C=O) groups excluding carboxylic acids is 1. The number of thiophene rings is 1. The van der Waals surface area contributed by atoms with Crippen molar-refractivity contribution in [2.75, 3.05) is 0 Å². The van der Waals surface area contributed by atoms with Gasteiger partial charge in [0.15, 0.2) is 0 Å². The van der Waals surface area contributed by atoms with Crippen LogP contribution in [0.1, 0.15) is 32.6 Å². The lowest BCUT2D eigenvalue weighted by Gasteiger charge is -2.26. The van der Waals surface area contributed by atoms with E-state index < -0.39 is 0 Å². The van der Waals surface area contributed by atoms with E-state index in [1.807, 2.05) is 17.5 Å². The fourth-order valence-corrected chi connectivity index (χ4v) is 3.27. The van der Waals surface area contributed by atoms with E-state index in [9.17, 15) is 4.79 Å². The van der Waals surface area contributed by atoms with Crippen LogP contribution in [0.25, 0.3) is 10.7 Å². The van der Waals surface area contributed by atoms with Crippen LogP contribution in [0.4, 0.5) is 0 Å². The normalized spacial score (nSPS) is 22.1. The Bertz CT molecular complexity index is 586. The van der Waals surface area contributed by atoms with Crippen LogP contribution in [0.5, 0.6) is 0 Å². The highest BCUT2D eigenvalue weighted by Gasteiger charge is 2.20. The van der Waals surface area contributed by atoms with Crippen molar-refractivity contribution in [1.29, 1.82) is 0 Å². The molecule has 1 fully saturated rings. The summed E-state index contributed by atoms with van der Waals surface area (Å²) in [6.07, 6.45) is 4.51. The smallest absolute Gasteiger partial charge is 0.243 e. The number of hydrogen-bond acceptors (Lipinski definition) is 5. The van der Waals surface area contributed by atoms with Crippen LogP contribution in [0.15, 0.2) is 17.5 Å². The second-order valence-corrected chi connectivity index (χ2v) is 6.59. The predicted octanol–water partition coefficient (Wildman–Crippen LogP) is 2.10. The maximum atomic E-state index is 12.0. The van der Waals surface area contributed by atoms with Gasteiger partial charge >= 0.3 is 0 Å². The van der Waals surface area contributed by atoms with E-state index in [0.717, 1.165) is 23.6 Å². The van der Waals surface area contributed by atoms with Crippen LogP contribution >= 0.6 is 11.3 Å². The highest BCUT2D eigenvalue weighted by atomic mass is 32.1. The number of hydrogen-bond donors (Lipinski definition) is 1. The van der Waals surface area contributed by atoms with Gasteiger partial charge in [-0.3, -0.25) is 4.79 Å². The lowest BCUT2D eigenvalue weighted by molar-refractivity contribution is -0.123. The zero-order valence-corrected chi connectivity index (χ0v) is 12.8. The number of nitrogens with one attached hydrogen (secondary N) is 1. The fourth-order valence-electron chi connectivity index (χ4n) is 2.62. The molecule has 3 rings (SSSR count). The fraction of sp³-hybridized carbons (Fsp3) is 0.571. The van der Waals surface area contributed by atoms with Gasteiger partial charge in [0, 0.05) is 6.04 Å². The van der Waals surface area contributed by atoms with Gasteiger partial charge in [-0.15, -0.1) is 21.5 Å². The molecule has 2 aromatic heterocycles. The van der Waals surface area contributed by atoms with E-state index >= 15 is 0 Å². The first kappa shape index (κ1) is 14.2. The first-order chi connectivity index (χ1) is 10.2. The molecule has 0 unspecified atom stereocenters. The topological polar surface area (TPSA) is 72.7 Å². The predicted molar refractivity (Wildman–Crippen MR) is 80.7 cm³/mol. The van der Waals surface area contributed by atoms with Crippen molar-refractivity contribution in [1.82, 2.24) is 25.5 Å². The molecule has 1 N–H and O–H groups in total. The van der Waals surface area contributed by atoms with Crippen LogP contribution in [0, 0.1) is 5.92 Å². The summed E-state index contributed by atoms with van der Waals surface area (Å²) in [5.41, 5.74) is 0. The minimum atomic E-state index is -0.0373. The molecule has 112 valence electrons. The first-order valence-electron chi connectivity index (χ1n) is 7.32. The lowest BCUT2D eigenvalue weighted by atomic mass is 9.87. The Morgan fingerprint density at radius 3 is 2.95 bits per heavy atom. The first-order valence-corrected chi connectivity index (χ1v) is 8.19. The standard InChI is InChI=1S/C14H19N5OS/c1-10-4-6-11(7-5-10)15-13(20)9-19-17-14(16-18-19)12-3-2-8-21-12/h2-3,8,10-11H,4-7,9H2,1H3,(H,15,20). The zero-order valence-electron chi connectivity index (χ0n) is 12.0. The minimum absolute atomic E-state index is 0.0373. The van der Waals surface area contributed by atoms with Crippen LogP contribution in [-0.4, -0.2) is 32.2 Å². The van der Waals surface area contributed by atoms with Gasteiger partial charge in [0.25, 0.3) is 0 Å². The van der Waals surface area contributed by atoms with E-state index in [0.29, 0.717) is 11.9 Å². The van der Waals surface area contributed by atoms with Crippen LogP contribution in [0.2, 0.25) is 0 Å². The van der Waals surface area contributed by atoms with Gasteiger partial charge in [0.05, 0.1) is 4.88 Å². The summed E-state index contributed by atoms with van der Waals surface area (Å²) in [5.74, 6) is 1.32. The molecule has 0 spiro atoms. The summed E-state index contributed by atoms with van der Waals surface area (Å²) in [4.78, 5) is 14.3. The van der Waals surface area contributed by atoms with Crippen molar-refractivity contribution in [3.8, 4) is 10.7 Å². The number of aromatic nitrogens is 4. The highest BCUT2D eigenvalue weighted by molar-refractivity contribution is 7.13. The van der Waals surface area contributed by atoms with Crippen LogP contribution in [0.3, 0.4) is 0 Å². The molecule has 1 amide bonds. The molecule has 0 bridgehead atoms. The molecule has 0 atom stereocenters. The number of nitrogens with zero attached hydrogens (tertiary/aromatic N) is 4. The second kappa shape index (κ2) is 6.34. The Morgan fingerprint density at radius 2 is 2.24 bits per heavy atom. The average molecular weight is 305 g/mol. The van der Waals surface area contributed by atoms with Gasteiger partial charge < -0.3 is 5.32 Å². The summed E-state index contributed by atoms with van der Waals surface area (Å²) in [6, 6.07) is 4.18. The van der Waals surface area contributed by atoms with Gasteiger partial charge in [-0.25, -0.2) is 0 Å². The Kier molecular flexibility index (Phi) is 4.28. The number of carbonyl (C=O) groups is 1. The number of amides is 1. The summed E-state index contributed by atoms with van der Waals surface area (Å²) in [7, 11) is 0. The molecule has 0 saturated heterocycles. The van der Waals surface area contributed by atoms with E-state index in [1.165, 1.54) is 17.6 Å². The van der Waals surface area contributed by atoms with Crippen LogP contribution < -0.4 is 5.32 Å². The van der Waals surface area contributed by atoms with Gasteiger partial charge in [0.1, 0.15) is 6.54 Å². The SMILES string of the molecule is CC1CCC(NC(=O)Cn2nnc(-c3cccs3)n2)CC1. The third-order valence-corrected chi connectivity index (χ3v) is 4.73. The van der Waals surface area contributed by atoms with Crippen molar-refractivity contribution in [2.45, 2.75) is 45.2 Å². The molecule has 6 nitrogen and oxygen atoms in total. The Labute approximate surface area is 127 Å². The number of rotatable bonds is 4. The molecule has 21 heavy (non-hydrogen) atoms. The molecule has 0 radical (unpaired) electrons. The quantitative estimate of drug-likeness (QED) is 0.939. The second-order valence-electron chi connectivity index (χ2n) is 5.65. The maximum Gasteiger partial charge on any atom is 0.243 e. The van der Waals surface area contributed by atoms with Crippen molar-refractivity contribution < 1.29 is 4.79 Å². The van der Waals surface area contributed by atoms with Crippen LogP contribution in [-0.2, 0) is 11.3 Å². The molecule has 1 saturated carbocycles. The maximum absolute atomic E-state index is 12.0. The highest BCUT2D eigenvalue weighted by Crippen LogP contribution is 2.23. The number of tetrazole rings is 1. The van der Waals surface area contributed by atoms with E-state index in [4.69, 9.17) is 0 Å². The molecular formula is C14H19N5OS. The van der Waals surface area contributed by atoms with Gasteiger partial charge in [-0.1, -0.05) is 13.0 Å². The van der Waals surface area contributed by atoms with Gasteiger partial charge in [-0.2, -0.15) is 4.80 Å². The van der Waals surface area contributed by atoms with Crippen molar-refractivity contribution >= 4 is 17.2 Å².